The molecule has 0 heterocycles. The van der Waals surface area contributed by atoms with Crippen LogP contribution in [0.15, 0.2) is 24.3 Å². The Morgan fingerprint density at radius 1 is 1.35 bits per heavy atom. The Morgan fingerprint density at radius 3 is 2.82 bits per heavy atom. The molecule has 4 heteroatoms. The fourth-order valence-corrected chi connectivity index (χ4v) is 1.55. The van der Waals surface area contributed by atoms with Crippen LogP contribution in [0.2, 0.25) is 0 Å². The number of carboxylic acids is 1. The molecule has 0 aliphatic rings. The van der Waals surface area contributed by atoms with Crippen molar-refractivity contribution in [3.05, 3.63) is 29.8 Å². The van der Waals surface area contributed by atoms with Crippen molar-refractivity contribution in [1.82, 2.24) is 5.32 Å². The first-order valence-corrected chi connectivity index (χ1v) is 5.87. The minimum Gasteiger partial charge on any atom is -0.494 e. The molecule has 0 aliphatic heterocycles. The van der Waals surface area contributed by atoms with Gasteiger partial charge in [0.2, 0.25) is 0 Å². The third kappa shape index (κ3) is 5.36. The summed E-state index contributed by atoms with van der Waals surface area (Å²) >= 11 is 0. The second kappa shape index (κ2) is 7.68. The first-order valence-electron chi connectivity index (χ1n) is 5.87. The maximum atomic E-state index is 10.3. The van der Waals surface area contributed by atoms with Gasteiger partial charge in [0.15, 0.2) is 0 Å². The van der Waals surface area contributed by atoms with Gasteiger partial charge in [-0.1, -0.05) is 18.2 Å². The van der Waals surface area contributed by atoms with Gasteiger partial charge in [-0.15, -0.1) is 0 Å². The number of hydrogen-bond donors (Lipinski definition) is 2. The molecule has 0 spiro atoms. The standard InChI is InChI=1S/C13H19NO3/c1-2-17-12-6-4-3-5-11(12)7-9-14-10-8-13(15)16/h3-6,14H,2,7-10H2,1H3,(H,15,16). The first-order chi connectivity index (χ1) is 8.24. The largest absolute Gasteiger partial charge is 0.494 e. The number of benzene rings is 1. The van der Waals surface area contributed by atoms with Crippen molar-refractivity contribution >= 4 is 5.97 Å². The SMILES string of the molecule is CCOc1ccccc1CCNCCC(=O)O. The summed E-state index contributed by atoms with van der Waals surface area (Å²) in [5.41, 5.74) is 1.15. The summed E-state index contributed by atoms with van der Waals surface area (Å²) in [5.74, 6) is 0.141. The Morgan fingerprint density at radius 2 is 2.12 bits per heavy atom. The van der Waals surface area contributed by atoms with E-state index in [1.165, 1.54) is 0 Å². The van der Waals surface area contributed by atoms with E-state index in [0.717, 1.165) is 24.3 Å². The first kappa shape index (κ1) is 13.5. The third-order valence-electron chi connectivity index (χ3n) is 2.36. The normalized spacial score (nSPS) is 10.2. The predicted octanol–water partition coefficient (Wildman–Crippen LogP) is 1.69. The average Bonchev–Trinajstić information content (AvgIpc) is 2.31. The highest BCUT2D eigenvalue weighted by Gasteiger charge is 2.02. The molecule has 0 atom stereocenters. The molecule has 0 unspecified atom stereocenters. The zero-order valence-corrected chi connectivity index (χ0v) is 10.1. The van der Waals surface area contributed by atoms with E-state index in [1.807, 2.05) is 31.2 Å². The summed E-state index contributed by atoms with van der Waals surface area (Å²) in [6, 6.07) is 7.92. The lowest BCUT2D eigenvalue weighted by molar-refractivity contribution is -0.136. The molecule has 2 N–H and O–H groups in total. The zero-order chi connectivity index (χ0) is 12.5. The van der Waals surface area contributed by atoms with Crippen LogP contribution in [0.1, 0.15) is 18.9 Å². The van der Waals surface area contributed by atoms with Crippen LogP contribution in [0, 0.1) is 0 Å². The number of aliphatic carboxylic acids is 1. The van der Waals surface area contributed by atoms with E-state index < -0.39 is 5.97 Å². The van der Waals surface area contributed by atoms with Crippen LogP contribution >= 0.6 is 0 Å². The van der Waals surface area contributed by atoms with Gasteiger partial charge < -0.3 is 15.2 Å². The predicted molar refractivity (Wildman–Crippen MR) is 66.4 cm³/mol. The van der Waals surface area contributed by atoms with Gasteiger partial charge >= 0.3 is 5.97 Å². The van der Waals surface area contributed by atoms with Crippen molar-refractivity contribution in [3.8, 4) is 5.75 Å². The molecule has 0 fully saturated rings. The topological polar surface area (TPSA) is 58.6 Å². The van der Waals surface area contributed by atoms with Gasteiger partial charge in [-0.25, -0.2) is 0 Å². The van der Waals surface area contributed by atoms with E-state index in [9.17, 15) is 4.79 Å². The number of hydrogen-bond acceptors (Lipinski definition) is 3. The van der Waals surface area contributed by atoms with Crippen molar-refractivity contribution < 1.29 is 14.6 Å². The van der Waals surface area contributed by atoms with Crippen molar-refractivity contribution in [3.63, 3.8) is 0 Å². The lowest BCUT2D eigenvalue weighted by Gasteiger charge is -2.10. The van der Waals surface area contributed by atoms with E-state index in [0.29, 0.717) is 13.2 Å². The lowest BCUT2D eigenvalue weighted by Crippen LogP contribution is -2.20. The maximum Gasteiger partial charge on any atom is 0.304 e. The molecule has 0 aromatic heterocycles. The minimum atomic E-state index is -0.771. The molecule has 1 rings (SSSR count). The molecule has 0 radical (unpaired) electrons. The van der Waals surface area contributed by atoms with Crippen LogP contribution in [0.25, 0.3) is 0 Å². The van der Waals surface area contributed by atoms with Crippen LogP contribution in [0.5, 0.6) is 5.75 Å². The van der Waals surface area contributed by atoms with Crippen molar-refractivity contribution in [2.24, 2.45) is 0 Å². The smallest absolute Gasteiger partial charge is 0.304 e. The van der Waals surface area contributed by atoms with Gasteiger partial charge in [0, 0.05) is 6.54 Å². The zero-order valence-electron chi connectivity index (χ0n) is 10.1. The average molecular weight is 237 g/mol. The highest BCUT2D eigenvalue weighted by molar-refractivity contribution is 5.66. The Balaban J connectivity index is 2.33. The van der Waals surface area contributed by atoms with Gasteiger partial charge in [-0.05, 0) is 31.5 Å². The molecule has 4 nitrogen and oxygen atoms in total. The maximum absolute atomic E-state index is 10.3. The molecule has 0 aliphatic carbocycles. The van der Waals surface area contributed by atoms with Gasteiger partial charge in [0.1, 0.15) is 5.75 Å². The molecule has 0 amide bonds. The second-order valence-corrected chi connectivity index (χ2v) is 3.68. The minimum absolute atomic E-state index is 0.160. The highest BCUT2D eigenvalue weighted by atomic mass is 16.5. The fourth-order valence-electron chi connectivity index (χ4n) is 1.55. The van der Waals surface area contributed by atoms with Crippen molar-refractivity contribution in [2.75, 3.05) is 19.7 Å². The lowest BCUT2D eigenvalue weighted by atomic mass is 10.1. The summed E-state index contributed by atoms with van der Waals surface area (Å²) in [6.45, 7) is 3.88. The van der Waals surface area contributed by atoms with Crippen molar-refractivity contribution in [2.45, 2.75) is 19.8 Å². The molecule has 17 heavy (non-hydrogen) atoms. The van der Waals surface area contributed by atoms with Crippen LogP contribution in [-0.2, 0) is 11.2 Å². The van der Waals surface area contributed by atoms with Crippen LogP contribution < -0.4 is 10.1 Å². The summed E-state index contributed by atoms with van der Waals surface area (Å²) in [6.07, 6.45) is 1.00. The molecule has 94 valence electrons. The van der Waals surface area contributed by atoms with Crippen LogP contribution in [-0.4, -0.2) is 30.8 Å². The van der Waals surface area contributed by atoms with Gasteiger partial charge in [-0.2, -0.15) is 0 Å². The summed E-state index contributed by atoms with van der Waals surface area (Å²) < 4.78 is 5.51. The van der Waals surface area contributed by atoms with E-state index >= 15 is 0 Å². The van der Waals surface area contributed by atoms with Crippen molar-refractivity contribution in [1.29, 1.82) is 0 Å². The number of carbonyl (C=O) groups is 1. The summed E-state index contributed by atoms with van der Waals surface area (Å²) in [5, 5.41) is 11.6. The van der Waals surface area contributed by atoms with Crippen LogP contribution in [0.3, 0.4) is 0 Å². The van der Waals surface area contributed by atoms with E-state index in [2.05, 4.69) is 5.32 Å². The molecule has 1 aromatic carbocycles. The third-order valence-corrected chi connectivity index (χ3v) is 2.36. The van der Waals surface area contributed by atoms with E-state index in [-0.39, 0.29) is 6.42 Å². The van der Waals surface area contributed by atoms with Gasteiger partial charge in [0.05, 0.1) is 13.0 Å². The number of rotatable bonds is 8. The number of nitrogens with one attached hydrogen (secondary N) is 1. The Labute approximate surface area is 102 Å². The fraction of sp³-hybridized carbons (Fsp3) is 0.462. The van der Waals surface area contributed by atoms with Crippen LogP contribution in [0.4, 0.5) is 0 Å². The Kier molecular flexibility index (Phi) is 6.10. The molecule has 0 bridgehead atoms. The highest BCUT2D eigenvalue weighted by Crippen LogP contribution is 2.17. The summed E-state index contributed by atoms with van der Waals surface area (Å²) in [4.78, 5) is 10.3. The molecule has 0 saturated carbocycles. The monoisotopic (exact) mass is 237 g/mol. The van der Waals surface area contributed by atoms with Gasteiger partial charge in [0.25, 0.3) is 0 Å². The second-order valence-electron chi connectivity index (χ2n) is 3.68. The molecular weight excluding hydrogens is 218 g/mol. The molecule has 1 aromatic rings. The molecular formula is C13H19NO3. The van der Waals surface area contributed by atoms with E-state index in [1.54, 1.807) is 0 Å². The summed E-state index contributed by atoms with van der Waals surface area (Å²) in [7, 11) is 0. The quantitative estimate of drug-likeness (QED) is 0.675. The molecule has 0 saturated heterocycles. The van der Waals surface area contributed by atoms with E-state index in [4.69, 9.17) is 9.84 Å². The number of para-hydroxylation sites is 1. The Hall–Kier alpha value is -1.55. The Bertz CT molecular complexity index is 352. The number of carboxylic acid groups (broad SMARTS) is 1. The van der Waals surface area contributed by atoms with Gasteiger partial charge in [-0.3, -0.25) is 4.79 Å². The number of ether oxygens (including phenoxy) is 1.